The lowest BCUT2D eigenvalue weighted by Crippen LogP contribution is -2.47. The van der Waals surface area contributed by atoms with Crippen LogP contribution in [0.15, 0.2) is 27.6 Å². The molecule has 2 nitrogen and oxygen atoms in total. The molecule has 0 spiro atoms. The number of hydrogen-bond donors (Lipinski definition) is 2. The van der Waals surface area contributed by atoms with Crippen molar-refractivity contribution < 1.29 is 18.0 Å². The van der Waals surface area contributed by atoms with Gasteiger partial charge in [0.2, 0.25) is 0 Å². The van der Waals surface area contributed by atoms with Crippen molar-refractivity contribution in [1.29, 1.82) is 0 Å². The lowest BCUT2D eigenvalue weighted by molar-refractivity contribution is -0.163. The van der Waals surface area contributed by atoms with Crippen LogP contribution in [0.25, 0.3) is 0 Å². The van der Waals surface area contributed by atoms with Crippen molar-refractivity contribution in [2.45, 2.75) is 29.5 Å². The fourth-order valence-corrected chi connectivity index (χ4v) is 2.21. The molecular formula is C11H9BrF3NOS. The molecule has 1 amide bonds. The van der Waals surface area contributed by atoms with Gasteiger partial charge in [0, 0.05) is 9.37 Å². The highest BCUT2D eigenvalue weighted by Gasteiger charge is 2.64. The zero-order valence-electron chi connectivity index (χ0n) is 9.01. The van der Waals surface area contributed by atoms with Crippen LogP contribution in [-0.2, 0) is 0 Å². The van der Waals surface area contributed by atoms with Crippen LogP contribution >= 0.6 is 28.6 Å². The lowest BCUT2D eigenvalue weighted by Gasteiger charge is -2.21. The van der Waals surface area contributed by atoms with Gasteiger partial charge in [-0.1, -0.05) is 0 Å². The summed E-state index contributed by atoms with van der Waals surface area (Å²) in [5, 5.41) is 2.06. The van der Waals surface area contributed by atoms with E-state index in [9.17, 15) is 18.0 Å². The number of carbonyl (C=O) groups excluding carboxylic acids is 1. The van der Waals surface area contributed by atoms with E-state index in [4.69, 9.17) is 0 Å². The van der Waals surface area contributed by atoms with Gasteiger partial charge >= 0.3 is 6.18 Å². The highest BCUT2D eigenvalue weighted by molar-refractivity contribution is 9.10. The molecule has 1 fully saturated rings. The molecule has 1 aromatic carbocycles. The number of amides is 1. The first-order valence-corrected chi connectivity index (χ1v) is 6.37. The Labute approximate surface area is 115 Å². The van der Waals surface area contributed by atoms with E-state index in [1.807, 2.05) is 0 Å². The van der Waals surface area contributed by atoms with Crippen molar-refractivity contribution >= 4 is 34.5 Å². The van der Waals surface area contributed by atoms with E-state index in [0.29, 0.717) is 9.37 Å². The Morgan fingerprint density at radius 3 is 2.50 bits per heavy atom. The number of thiol groups is 1. The average molecular weight is 340 g/mol. The topological polar surface area (TPSA) is 29.1 Å². The SMILES string of the molecule is O=C(NC1(C(F)(F)F)CC1)c1cc(S)ccc1Br. The molecule has 0 aliphatic heterocycles. The molecule has 0 atom stereocenters. The fourth-order valence-electron chi connectivity index (χ4n) is 1.58. The molecule has 1 N–H and O–H groups in total. The molecule has 1 aromatic rings. The molecule has 0 saturated heterocycles. The van der Waals surface area contributed by atoms with Crippen LogP contribution in [0.5, 0.6) is 0 Å². The maximum atomic E-state index is 12.7. The molecule has 98 valence electrons. The van der Waals surface area contributed by atoms with Crippen LogP contribution in [0, 0.1) is 0 Å². The summed E-state index contributed by atoms with van der Waals surface area (Å²) in [5.41, 5.74) is -1.89. The molecule has 0 heterocycles. The molecular weight excluding hydrogens is 331 g/mol. The van der Waals surface area contributed by atoms with E-state index in [2.05, 4.69) is 33.9 Å². The van der Waals surface area contributed by atoms with Gasteiger partial charge in [-0.2, -0.15) is 13.2 Å². The third-order valence-electron chi connectivity index (χ3n) is 2.84. The predicted octanol–water partition coefficient (Wildman–Crippen LogP) is 3.56. The second kappa shape index (κ2) is 4.45. The summed E-state index contributed by atoms with van der Waals surface area (Å²) in [4.78, 5) is 12.4. The number of halogens is 4. The second-order valence-electron chi connectivity index (χ2n) is 4.20. The van der Waals surface area contributed by atoms with Gasteiger partial charge in [-0.3, -0.25) is 4.79 Å². The number of carbonyl (C=O) groups is 1. The van der Waals surface area contributed by atoms with E-state index in [-0.39, 0.29) is 18.4 Å². The minimum atomic E-state index is -4.41. The second-order valence-corrected chi connectivity index (χ2v) is 5.57. The van der Waals surface area contributed by atoms with Gasteiger partial charge in [-0.05, 0) is 47.0 Å². The van der Waals surface area contributed by atoms with Crippen LogP contribution in [0.3, 0.4) is 0 Å². The Balaban J connectivity index is 2.21. The summed E-state index contributed by atoms with van der Waals surface area (Å²) in [6, 6.07) is 4.64. The Bertz CT molecular complexity index is 500. The Hall–Kier alpha value is -0.690. The van der Waals surface area contributed by atoms with Crippen LogP contribution in [-0.4, -0.2) is 17.6 Å². The summed E-state index contributed by atoms with van der Waals surface area (Å²) in [7, 11) is 0. The van der Waals surface area contributed by atoms with E-state index in [1.54, 1.807) is 12.1 Å². The summed E-state index contributed by atoms with van der Waals surface area (Å²) in [5.74, 6) is -0.743. The van der Waals surface area contributed by atoms with E-state index in [1.165, 1.54) is 6.07 Å². The molecule has 2 rings (SSSR count). The standard InChI is InChI=1S/C11H9BrF3NOS/c12-8-2-1-6(18)5-7(8)9(17)16-10(3-4-10)11(13,14)15/h1-2,5,18H,3-4H2,(H,16,17). The van der Waals surface area contributed by atoms with Crippen molar-refractivity contribution in [3.63, 3.8) is 0 Å². The van der Waals surface area contributed by atoms with Gasteiger partial charge in [-0.25, -0.2) is 0 Å². The van der Waals surface area contributed by atoms with Crippen molar-refractivity contribution in [1.82, 2.24) is 5.32 Å². The van der Waals surface area contributed by atoms with Crippen LogP contribution in [0.2, 0.25) is 0 Å². The smallest absolute Gasteiger partial charge is 0.338 e. The van der Waals surface area contributed by atoms with Crippen LogP contribution in [0.4, 0.5) is 13.2 Å². The van der Waals surface area contributed by atoms with Gasteiger partial charge in [0.1, 0.15) is 5.54 Å². The number of benzene rings is 1. The largest absolute Gasteiger partial charge is 0.411 e. The zero-order valence-corrected chi connectivity index (χ0v) is 11.5. The lowest BCUT2D eigenvalue weighted by atomic mass is 10.2. The molecule has 0 bridgehead atoms. The van der Waals surface area contributed by atoms with Gasteiger partial charge < -0.3 is 5.32 Å². The van der Waals surface area contributed by atoms with Crippen molar-refractivity contribution in [2.75, 3.05) is 0 Å². The number of hydrogen-bond acceptors (Lipinski definition) is 2. The molecule has 0 radical (unpaired) electrons. The van der Waals surface area contributed by atoms with Crippen molar-refractivity contribution in [2.24, 2.45) is 0 Å². The number of alkyl halides is 3. The minimum absolute atomic E-state index is 0.0690. The quantitative estimate of drug-likeness (QED) is 0.792. The summed E-state index contributed by atoms with van der Waals surface area (Å²) in [6.45, 7) is 0. The Morgan fingerprint density at radius 2 is 2.00 bits per heavy atom. The normalized spacial score (nSPS) is 17.4. The van der Waals surface area contributed by atoms with E-state index < -0.39 is 17.6 Å². The molecule has 7 heteroatoms. The Kier molecular flexibility index (Phi) is 3.40. The molecule has 1 aliphatic rings. The molecule has 18 heavy (non-hydrogen) atoms. The monoisotopic (exact) mass is 339 g/mol. The van der Waals surface area contributed by atoms with Crippen LogP contribution in [0.1, 0.15) is 23.2 Å². The highest BCUT2D eigenvalue weighted by atomic mass is 79.9. The predicted molar refractivity (Wildman–Crippen MR) is 66.9 cm³/mol. The maximum absolute atomic E-state index is 12.7. The highest BCUT2D eigenvalue weighted by Crippen LogP contribution is 2.49. The molecule has 0 unspecified atom stereocenters. The van der Waals surface area contributed by atoms with Gasteiger partial charge in [-0.15, -0.1) is 12.6 Å². The van der Waals surface area contributed by atoms with E-state index >= 15 is 0 Å². The molecule has 0 aromatic heterocycles. The fraction of sp³-hybridized carbons (Fsp3) is 0.364. The van der Waals surface area contributed by atoms with E-state index in [0.717, 1.165) is 0 Å². The maximum Gasteiger partial charge on any atom is 0.411 e. The average Bonchev–Trinajstić information content (AvgIpc) is 3.01. The minimum Gasteiger partial charge on any atom is -0.338 e. The molecule has 1 aliphatic carbocycles. The zero-order chi connectivity index (χ0) is 13.6. The first kappa shape index (κ1) is 13.7. The van der Waals surface area contributed by atoms with Crippen LogP contribution < -0.4 is 5.32 Å². The van der Waals surface area contributed by atoms with Crippen molar-refractivity contribution in [3.05, 3.63) is 28.2 Å². The van der Waals surface area contributed by atoms with Crippen molar-refractivity contribution in [3.8, 4) is 0 Å². The molecule has 1 saturated carbocycles. The third-order valence-corrected chi connectivity index (χ3v) is 3.81. The third kappa shape index (κ3) is 2.51. The number of rotatable bonds is 2. The number of nitrogens with one attached hydrogen (secondary N) is 1. The first-order valence-electron chi connectivity index (χ1n) is 5.13. The van der Waals surface area contributed by atoms with Gasteiger partial charge in [0.15, 0.2) is 0 Å². The van der Waals surface area contributed by atoms with Gasteiger partial charge in [0.25, 0.3) is 5.91 Å². The van der Waals surface area contributed by atoms with Gasteiger partial charge in [0.05, 0.1) is 5.56 Å². The summed E-state index contributed by atoms with van der Waals surface area (Å²) >= 11 is 7.19. The Morgan fingerprint density at radius 1 is 1.39 bits per heavy atom. The summed E-state index contributed by atoms with van der Waals surface area (Å²) < 4.78 is 38.6. The first-order chi connectivity index (χ1) is 8.25. The summed E-state index contributed by atoms with van der Waals surface area (Å²) in [6.07, 6.45) is -4.55.